The van der Waals surface area contributed by atoms with Gasteiger partial charge in [0.1, 0.15) is 4.64 Å². The summed E-state index contributed by atoms with van der Waals surface area (Å²) in [4.78, 5) is 3.18. The summed E-state index contributed by atoms with van der Waals surface area (Å²) in [6.45, 7) is 0. The zero-order valence-electron chi connectivity index (χ0n) is 9.48. The first-order chi connectivity index (χ1) is 8.74. The van der Waals surface area contributed by atoms with Crippen LogP contribution in [0.2, 0.25) is 5.02 Å². The molecule has 0 bridgehead atoms. The van der Waals surface area contributed by atoms with Crippen molar-refractivity contribution in [3.05, 3.63) is 64.3 Å². The van der Waals surface area contributed by atoms with Crippen LogP contribution in [0.3, 0.4) is 0 Å². The molecule has 2 aromatic carbocycles. The summed E-state index contributed by atoms with van der Waals surface area (Å²) < 4.78 is 0.726. The van der Waals surface area contributed by atoms with Crippen LogP contribution < -0.4 is 0 Å². The van der Waals surface area contributed by atoms with Gasteiger partial charge in [-0.05, 0) is 35.4 Å². The molecule has 0 spiro atoms. The van der Waals surface area contributed by atoms with Crippen molar-refractivity contribution in [3.63, 3.8) is 0 Å². The van der Waals surface area contributed by atoms with E-state index in [0.29, 0.717) is 0 Å². The van der Waals surface area contributed by atoms with Crippen molar-refractivity contribution in [1.82, 2.24) is 4.98 Å². The number of hydrogen-bond donors (Lipinski definition) is 1. The van der Waals surface area contributed by atoms with Crippen LogP contribution >= 0.6 is 23.8 Å². The number of H-pyrrole nitrogens is 1. The van der Waals surface area contributed by atoms with E-state index in [-0.39, 0.29) is 0 Å². The first-order valence-corrected chi connectivity index (χ1v) is 6.41. The number of fused-ring (bicyclic) bond motifs is 1. The number of hydrogen-bond acceptors (Lipinski definition) is 1. The minimum atomic E-state index is 0.726. The summed E-state index contributed by atoms with van der Waals surface area (Å²) in [7, 11) is 0. The molecule has 0 fully saturated rings. The van der Waals surface area contributed by atoms with Crippen LogP contribution in [0.15, 0.2) is 54.6 Å². The van der Waals surface area contributed by atoms with Gasteiger partial charge in [-0.1, -0.05) is 54.2 Å². The number of benzene rings is 2. The zero-order valence-corrected chi connectivity index (χ0v) is 11.1. The van der Waals surface area contributed by atoms with Gasteiger partial charge in [0, 0.05) is 15.9 Å². The zero-order chi connectivity index (χ0) is 12.5. The molecule has 1 heterocycles. The van der Waals surface area contributed by atoms with E-state index < -0.39 is 0 Å². The fourth-order valence-corrected chi connectivity index (χ4v) is 2.48. The van der Waals surface area contributed by atoms with E-state index in [1.54, 1.807) is 0 Å². The molecule has 0 aliphatic carbocycles. The van der Waals surface area contributed by atoms with E-state index in [4.69, 9.17) is 23.8 Å². The SMILES string of the molecule is S=c1cc(-c2ccccc2)c2cc(Cl)ccc2[nH]1. The molecule has 0 aliphatic heterocycles. The highest BCUT2D eigenvalue weighted by atomic mass is 35.5. The number of aromatic nitrogens is 1. The largest absolute Gasteiger partial charge is 0.346 e. The molecule has 0 unspecified atom stereocenters. The summed E-state index contributed by atoms with van der Waals surface area (Å²) >= 11 is 11.3. The summed E-state index contributed by atoms with van der Waals surface area (Å²) in [5.74, 6) is 0. The predicted molar refractivity (Wildman–Crippen MR) is 79.6 cm³/mol. The van der Waals surface area contributed by atoms with E-state index in [2.05, 4.69) is 17.1 Å². The lowest BCUT2D eigenvalue weighted by Crippen LogP contribution is -1.85. The van der Waals surface area contributed by atoms with E-state index in [0.717, 1.165) is 31.7 Å². The van der Waals surface area contributed by atoms with E-state index in [1.165, 1.54) is 0 Å². The van der Waals surface area contributed by atoms with Gasteiger partial charge in [0.05, 0.1) is 0 Å². The summed E-state index contributed by atoms with van der Waals surface area (Å²) in [5, 5.41) is 1.81. The Kier molecular flexibility index (Phi) is 2.90. The second-order valence-electron chi connectivity index (χ2n) is 4.10. The normalized spacial score (nSPS) is 10.7. The number of nitrogens with one attached hydrogen (secondary N) is 1. The quantitative estimate of drug-likeness (QED) is 0.600. The molecule has 0 radical (unpaired) electrons. The van der Waals surface area contributed by atoms with Gasteiger partial charge >= 0.3 is 0 Å². The second-order valence-corrected chi connectivity index (χ2v) is 4.98. The lowest BCUT2D eigenvalue weighted by molar-refractivity contribution is 1.38. The molecule has 18 heavy (non-hydrogen) atoms. The Morgan fingerprint density at radius 2 is 1.72 bits per heavy atom. The second kappa shape index (κ2) is 4.56. The van der Waals surface area contributed by atoms with Gasteiger partial charge in [0.25, 0.3) is 0 Å². The van der Waals surface area contributed by atoms with Crippen LogP contribution in [0.4, 0.5) is 0 Å². The third-order valence-corrected chi connectivity index (χ3v) is 3.34. The number of rotatable bonds is 1. The van der Waals surface area contributed by atoms with Crippen molar-refractivity contribution in [2.75, 3.05) is 0 Å². The highest BCUT2D eigenvalue weighted by Crippen LogP contribution is 2.29. The van der Waals surface area contributed by atoms with Gasteiger partial charge in [-0.15, -0.1) is 0 Å². The van der Waals surface area contributed by atoms with Crippen LogP contribution in [0.5, 0.6) is 0 Å². The Hall–Kier alpha value is -1.64. The summed E-state index contributed by atoms with van der Waals surface area (Å²) in [6.07, 6.45) is 0. The number of pyridine rings is 1. The first kappa shape index (κ1) is 11.5. The van der Waals surface area contributed by atoms with Crippen LogP contribution in [0.1, 0.15) is 0 Å². The predicted octanol–water partition coefficient (Wildman–Crippen LogP) is 5.22. The van der Waals surface area contributed by atoms with E-state index in [9.17, 15) is 0 Å². The Morgan fingerprint density at radius 1 is 0.944 bits per heavy atom. The molecule has 1 nitrogen and oxygen atoms in total. The Bertz CT molecular complexity index is 762. The minimum absolute atomic E-state index is 0.726. The van der Waals surface area contributed by atoms with Crippen molar-refractivity contribution in [2.24, 2.45) is 0 Å². The molecular formula is C15H10ClNS. The average molecular weight is 272 g/mol. The third kappa shape index (κ3) is 2.05. The van der Waals surface area contributed by atoms with E-state index >= 15 is 0 Å². The number of halogens is 1. The van der Waals surface area contributed by atoms with Gasteiger partial charge in [-0.2, -0.15) is 0 Å². The highest BCUT2D eigenvalue weighted by molar-refractivity contribution is 7.71. The van der Waals surface area contributed by atoms with Gasteiger partial charge < -0.3 is 4.98 Å². The van der Waals surface area contributed by atoms with Crippen molar-refractivity contribution in [1.29, 1.82) is 0 Å². The van der Waals surface area contributed by atoms with Crippen molar-refractivity contribution in [3.8, 4) is 11.1 Å². The molecule has 3 aromatic rings. The molecule has 88 valence electrons. The Labute approximate surface area is 115 Å². The van der Waals surface area contributed by atoms with Crippen LogP contribution in [-0.2, 0) is 0 Å². The molecule has 0 aliphatic rings. The molecule has 0 saturated heterocycles. The summed E-state index contributed by atoms with van der Waals surface area (Å²) in [6, 6.07) is 18.0. The van der Waals surface area contributed by atoms with Crippen molar-refractivity contribution < 1.29 is 0 Å². The van der Waals surface area contributed by atoms with E-state index in [1.807, 2.05) is 42.5 Å². The molecule has 1 N–H and O–H groups in total. The fourth-order valence-electron chi connectivity index (χ4n) is 2.08. The lowest BCUT2D eigenvalue weighted by atomic mass is 10.0. The van der Waals surface area contributed by atoms with Crippen LogP contribution in [0, 0.1) is 4.64 Å². The summed E-state index contributed by atoms with van der Waals surface area (Å²) in [5.41, 5.74) is 3.26. The standard InChI is InChI=1S/C15H10ClNS/c16-11-6-7-14-13(8-11)12(9-15(18)17-14)10-4-2-1-3-5-10/h1-9H,(H,17,18). The highest BCUT2D eigenvalue weighted by Gasteiger charge is 2.05. The van der Waals surface area contributed by atoms with Crippen LogP contribution in [-0.4, -0.2) is 4.98 Å². The molecule has 1 aromatic heterocycles. The molecule has 3 rings (SSSR count). The maximum Gasteiger partial charge on any atom is 0.104 e. The van der Waals surface area contributed by atoms with Crippen LogP contribution in [0.25, 0.3) is 22.0 Å². The van der Waals surface area contributed by atoms with Gasteiger partial charge in [-0.25, -0.2) is 0 Å². The van der Waals surface area contributed by atoms with Crippen molar-refractivity contribution in [2.45, 2.75) is 0 Å². The Balaban J connectivity index is 2.41. The maximum absolute atomic E-state index is 6.08. The average Bonchev–Trinajstić information content (AvgIpc) is 2.39. The first-order valence-electron chi connectivity index (χ1n) is 5.62. The molecule has 0 atom stereocenters. The maximum atomic E-state index is 6.08. The fraction of sp³-hybridized carbons (Fsp3) is 0. The lowest BCUT2D eigenvalue weighted by Gasteiger charge is -2.07. The Morgan fingerprint density at radius 3 is 2.50 bits per heavy atom. The van der Waals surface area contributed by atoms with Crippen molar-refractivity contribution >= 4 is 34.7 Å². The minimum Gasteiger partial charge on any atom is -0.346 e. The van der Waals surface area contributed by atoms with Gasteiger partial charge in [0.2, 0.25) is 0 Å². The smallest absolute Gasteiger partial charge is 0.104 e. The third-order valence-electron chi connectivity index (χ3n) is 2.89. The molecule has 3 heteroatoms. The van der Waals surface area contributed by atoms with Gasteiger partial charge in [-0.3, -0.25) is 0 Å². The molecular weight excluding hydrogens is 262 g/mol. The topological polar surface area (TPSA) is 15.8 Å². The van der Waals surface area contributed by atoms with Gasteiger partial charge in [0.15, 0.2) is 0 Å². The number of aromatic amines is 1. The molecule has 0 saturated carbocycles. The molecule has 0 amide bonds. The monoisotopic (exact) mass is 271 g/mol.